The van der Waals surface area contributed by atoms with Gasteiger partial charge in [-0.1, -0.05) is 39.0 Å². The molecule has 25 heavy (non-hydrogen) atoms. The summed E-state index contributed by atoms with van der Waals surface area (Å²) < 4.78 is 2.10. The Balaban J connectivity index is 2.11. The molecule has 0 saturated heterocycles. The van der Waals surface area contributed by atoms with Crippen LogP contribution in [0.3, 0.4) is 0 Å². The van der Waals surface area contributed by atoms with Crippen molar-refractivity contribution in [2.75, 3.05) is 0 Å². The van der Waals surface area contributed by atoms with Crippen molar-refractivity contribution in [1.82, 2.24) is 9.55 Å². The van der Waals surface area contributed by atoms with Gasteiger partial charge < -0.3 is 0 Å². The minimum atomic E-state index is 0.106. The first-order valence-electron chi connectivity index (χ1n) is 8.47. The smallest absolute Gasteiger partial charge is 0.100 e. The van der Waals surface area contributed by atoms with Crippen LogP contribution in [0.2, 0.25) is 0 Å². The number of nitriles is 1. The van der Waals surface area contributed by atoms with Crippen LogP contribution in [-0.4, -0.2) is 9.55 Å². The topological polar surface area (TPSA) is 41.6 Å². The minimum Gasteiger partial charge on any atom is -0.299 e. The highest BCUT2D eigenvalue weighted by Crippen LogP contribution is 2.28. The van der Waals surface area contributed by atoms with E-state index in [4.69, 9.17) is 5.26 Å². The van der Waals surface area contributed by atoms with Gasteiger partial charge in [0.25, 0.3) is 0 Å². The summed E-state index contributed by atoms with van der Waals surface area (Å²) in [4.78, 5) is 4.59. The number of nitrogens with zero attached hydrogens (tertiary/aromatic N) is 3. The van der Waals surface area contributed by atoms with Gasteiger partial charge in [-0.15, -0.1) is 0 Å². The molecule has 0 aliphatic rings. The van der Waals surface area contributed by atoms with Crippen LogP contribution < -0.4 is 0 Å². The van der Waals surface area contributed by atoms with Gasteiger partial charge in [0.1, 0.15) is 6.33 Å². The molecule has 3 rings (SSSR count). The van der Waals surface area contributed by atoms with Crippen LogP contribution in [0.5, 0.6) is 0 Å². The Morgan fingerprint density at radius 2 is 1.84 bits per heavy atom. The molecule has 3 nitrogen and oxygen atoms in total. The molecule has 0 atom stereocenters. The molecule has 0 aliphatic heterocycles. The molecule has 0 saturated carbocycles. The van der Waals surface area contributed by atoms with Gasteiger partial charge in [-0.2, -0.15) is 5.26 Å². The molecule has 0 amide bonds. The molecule has 3 aromatic rings. The van der Waals surface area contributed by atoms with Crippen LogP contribution >= 0.6 is 0 Å². The van der Waals surface area contributed by atoms with E-state index in [2.05, 4.69) is 66.7 Å². The van der Waals surface area contributed by atoms with Gasteiger partial charge >= 0.3 is 0 Å². The average Bonchev–Trinajstić information content (AvgIpc) is 3.03. The van der Waals surface area contributed by atoms with Crippen molar-refractivity contribution < 1.29 is 0 Å². The molecule has 0 radical (unpaired) electrons. The Bertz CT molecular complexity index is 1010. The monoisotopic (exact) mass is 329 g/mol. The van der Waals surface area contributed by atoms with Crippen LogP contribution in [0.15, 0.2) is 54.4 Å². The van der Waals surface area contributed by atoms with E-state index in [0.717, 1.165) is 33.4 Å². The summed E-state index contributed by atoms with van der Waals surface area (Å²) in [6, 6.07) is 16.9. The molecular weight excluding hydrogens is 306 g/mol. The van der Waals surface area contributed by atoms with E-state index in [1.54, 1.807) is 0 Å². The third-order valence-corrected chi connectivity index (χ3v) is 4.70. The molecule has 0 bridgehead atoms. The molecule has 0 N–H and O–H groups in total. The zero-order valence-corrected chi connectivity index (χ0v) is 15.5. The number of hydrogen-bond donors (Lipinski definition) is 0. The Kier molecular flexibility index (Phi) is 4.22. The standard InChI is InChI=1S/C22H23N3/c1-15(13-23)16(2)17-7-6-8-19(11-17)25-14-24-20-12-18(22(3,4)5)9-10-21(20)25/h6-12,14H,1-5H3. The fourth-order valence-electron chi connectivity index (χ4n) is 2.87. The van der Waals surface area contributed by atoms with E-state index in [1.165, 1.54) is 5.56 Å². The lowest BCUT2D eigenvalue weighted by Gasteiger charge is -2.18. The van der Waals surface area contributed by atoms with Crippen LogP contribution in [0.25, 0.3) is 22.3 Å². The van der Waals surface area contributed by atoms with Crippen molar-refractivity contribution in [2.24, 2.45) is 0 Å². The third-order valence-electron chi connectivity index (χ3n) is 4.70. The number of benzene rings is 2. The molecule has 0 aliphatic carbocycles. The summed E-state index contributed by atoms with van der Waals surface area (Å²) in [7, 11) is 0. The van der Waals surface area contributed by atoms with E-state index in [9.17, 15) is 0 Å². The predicted octanol–water partition coefficient (Wildman–Crippen LogP) is 5.64. The van der Waals surface area contributed by atoms with E-state index >= 15 is 0 Å². The first-order valence-corrected chi connectivity index (χ1v) is 8.47. The zero-order chi connectivity index (χ0) is 18.2. The van der Waals surface area contributed by atoms with Gasteiger partial charge in [0.15, 0.2) is 0 Å². The maximum Gasteiger partial charge on any atom is 0.100 e. The highest BCUT2D eigenvalue weighted by Gasteiger charge is 2.15. The van der Waals surface area contributed by atoms with Gasteiger partial charge in [-0.3, -0.25) is 4.57 Å². The van der Waals surface area contributed by atoms with Crippen molar-refractivity contribution in [1.29, 1.82) is 5.26 Å². The maximum absolute atomic E-state index is 9.13. The Morgan fingerprint density at radius 1 is 1.08 bits per heavy atom. The number of imidazole rings is 1. The summed E-state index contributed by atoms with van der Waals surface area (Å²) >= 11 is 0. The first kappa shape index (κ1) is 17.0. The number of fused-ring (bicyclic) bond motifs is 1. The number of rotatable bonds is 2. The van der Waals surface area contributed by atoms with Gasteiger partial charge in [0.2, 0.25) is 0 Å². The second-order valence-corrected chi connectivity index (χ2v) is 7.48. The summed E-state index contributed by atoms with van der Waals surface area (Å²) in [6.45, 7) is 10.5. The summed E-state index contributed by atoms with van der Waals surface area (Å²) in [5, 5.41) is 9.13. The van der Waals surface area contributed by atoms with Crippen LogP contribution in [0.1, 0.15) is 45.7 Å². The predicted molar refractivity (Wildman–Crippen MR) is 104 cm³/mol. The van der Waals surface area contributed by atoms with Gasteiger partial charge in [0, 0.05) is 11.3 Å². The largest absolute Gasteiger partial charge is 0.299 e. The molecule has 0 unspecified atom stereocenters. The first-order chi connectivity index (χ1) is 11.8. The van der Waals surface area contributed by atoms with E-state index in [-0.39, 0.29) is 5.41 Å². The Morgan fingerprint density at radius 3 is 2.52 bits per heavy atom. The molecule has 3 heteroatoms. The molecular formula is C22H23N3. The summed E-state index contributed by atoms with van der Waals surface area (Å²) in [5.41, 5.74) is 7.32. The average molecular weight is 329 g/mol. The van der Waals surface area contributed by atoms with Crippen LogP contribution in [-0.2, 0) is 5.41 Å². The Hall–Kier alpha value is -2.86. The van der Waals surface area contributed by atoms with Gasteiger partial charge in [-0.25, -0.2) is 4.98 Å². The lowest BCUT2D eigenvalue weighted by atomic mass is 9.87. The SMILES string of the molecule is CC(C#N)=C(C)c1cccc(-n2cnc3cc(C(C)(C)C)ccc32)c1. The van der Waals surface area contributed by atoms with Crippen molar-refractivity contribution in [3.8, 4) is 11.8 Å². The van der Waals surface area contributed by atoms with Crippen LogP contribution in [0.4, 0.5) is 0 Å². The second-order valence-electron chi connectivity index (χ2n) is 7.48. The maximum atomic E-state index is 9.13. The molecule has 1 aromatic heterocycles. The summed E-state index contributed by atoms with van der Waals surface area (Å²) in [6.07, 6.45) is 1.87. The minimum absolute atomic E-state index is 0.106. The van der Waals surface area contributed by atoms with Crippen LogP contribution in [0, 0.1) is 11.3 Å². The normalized spacial score (nSPS) is 12.8. The van der Waals surface area contributed by atoms with E-state index < -0.39 is 0 Å². The molecule has 0 fully saturated rings. The molecule has 2 aromatic carbocycles. The second kappa shape index (κ2) is 6.22. The van der Waals surface area contributed by atoms with E-state index in [0.29, 0.717) is 0 Å². The van der Waals surface area contributed by atoms with Crippen molar-refractivity contribution in [3.63, 3.8) is 0 Å². The lowest BCUT2D eigenvalue weighted by Crippen LogP contribution is -2.10. The number of aromatic nitrogens is 2. The molecule has 0 spiro atoms. The molecule has 1 heterocycles. The fraction of sp³-hybridized carbons (Fsp3) is 0.273. The summed E-state index contributed by atoms with van der Waals surface area (Å²) in [5.74, 6) is 0. The zero-order valence-electron chi connectivity index (χ0n) is 15.5. The van der Waals surface area contributed by atoms with E-state index in [1.807, 2.05) is 32.3 Å². The highest BCUT2D eigenvalue weighted by atomic mass is 15.0. The number of hydrogen-bond acceptors (Lipinski definition) is 2. The third kappa shape index (κ3) is 3.21. The van der Waals surface area contributed by atoms with Crippen molar-refractivity contribution >= 4 is 16.6 Å². The van der Waals surface area contributed by atoms with Crippen molar-refractivity contribution in [2.45, 2.75) is 40.0 Å². The number of allylic oxidation sites excluding steroid dienone is 2. The lowest BCUT2D eigenvalue weighted by molar-refractivity contribution is 0.591. The quantitative estimate of drug-likeness (QED) is 0.571. The fourth-order valence-corrected chi connectivity index (χ4v) is 2.87. The van der Waals surface area contributed by atoms with Crippen molar-refractivity contribution in [3.05, 3.63) is 65.5 Å². The molecule has 126 valence electrons. The van der Waals surface area contributed by atoms with Gasteiger partial charge in [0.05, 0.1) is 17.1 Å². The highest BCUT2D eigenvalue weighted by molar-refractivity contribution is 5.79. The Labute approximate surface area is 149 Å². The van der Waals surface area contributed by atoms with Gasteiger partial charge in [-0.05, 0) is 60.2 Å².